The van der Waals surface area contributed by atoms with Crippen LogP contribution in [-0.2, 0) is 0 Å². The highest BCUT2D eigenvalue weighted by Gasteiger charge is 2.12. The van der Waals surface area contributed by atoms with Crippen LogP contribution in [0.5, 0.6) is 0 Å². The van der Waals surface area contributed by atoms with E-state index in [-0.39, 0.29) is 5.82 Å². The van der Waals surface area contributed by atoms with Gasteiger partial charge in [-0.15, -0.1) is 11.3 Å². The number of rotatable bonds is 3. The standard InChI is InChI=1S/C13H11FN4S2/c1-7-11(20-12(15)16-7)10-6-19-13(18-10)17-9-5-3-2-4-8(9)14/h2-6H,1H3,(H2,15,16)(H,17,18). The van der Waals surface area contributed by atoms with Crippen molar-refractivity contribution in [3.63, 3.8) is 0 Å². The van der Waals surface area contributed by atoms with E-state index < -0.39 is 0 Å². The Kier molecular flexibility index (Phi) is 3.37. The van der Waals surface area contributed by atoms with Crippen LogP contribution in [0.4, 0.5) is 20.3 Å². The van der Waals surface area contributed by atoms with E-state index in [1.165, 1.54) is 28.7 Å². The maximum Gasteiger partial charge on any atom is 0.187 e. The topological polar surface area (TPSA) is 63.8 Å². The summed E-state index contributed by atoms with van der Waals surface area (Å²) < 4.78 is 13.6. The monoisotopic (exact) mass is 306 g/mol. The number of halogens is 1. The number of thiazole rings is 2. The summed E-state index contributed by atoms with van der Waals surface area (Å²) in [5, 5.41) is 6.04. The first-order valence-corrected chi connectivity index (χ1v) is 7.53. The second kappa shape index (κ2) is 5.18. The maximum absolute atomic E-state index is 13.6. The molecule has 0 aliphatic heterocycles. The summed E-state index contributed by atoms with van der Waals surface area (Å²) in [6, 6.07) is 6.50. The molecule has 0 spiro atoms. The highest BCUT2D eigenvalue weighted by atomic mass is 32.1. The van der Waals surface area contributed by atoms with Crippen molar-refractivity contribution in [2.75, 3.05) is 11.1 Å². The van der Waals surface area contributed by atoms with Crippen LogP contribution in [0.2, 0.25) is 0 Å². The zero-order valence-electron chi connectivity index (χ0n) is 10.6. The number of nitrogens with zero attached hydrogens (tertiary/aromatic N) is 2. The molecule has 0 fully saturated rings. The number of aryl methyl sites for hydroxylation is 1. The number of benzene rings is 1. The highest BCUT2D eigenvalue weighted by Crippen LogP contribution is 2.34. The minimum Gasteiger partial charge on any atom is -0.375 e. The van der Waals surface area contributed by atoms with Crippen molar-refractivity contribution in [1.29, 1.82) is 0 Å². The van der Waals surface area contributed by atoms with Gasteiger partial charge in [0.1, 0.15) is 5.82 Å². The first-order chi connectivity index (χ1) is 9.63. The third kappa shape index (κ3) is 2.50. The fourth-order valence-corrected chi connectivity index (χ4v) is 3.35. The molecule has 0 saturated heterocycles. The summed E-state index contributed by atoms with van der Waals surface area (Å²) >= 11 is 2.81. The van der Waals surface area contributed by atoms with Crippen LogP contribution < -0.4 is 11.1 Å². The van der Waals surface area contributed by atoms with Crippen LogP contribution in [0.25, 0.3) is 10.6 Å². The molecule has 0 atom stereocenters. The molecule has 2 heterocycles. The predicted molar refractivity (Wildman–Crippen MR) is 82.1 cm³/mol. The summed E-state index contributed by atoms with van der Waals surface area (Å²) in [7, 11) is 0. The number of hydrogen-bond donors (Lipinski definition) is 2. The lowest BCUT2D eigenvalue weighted by Gasteiger charge is -2.02. The Hall–Kier alpha value is -1.99. The van der Waals surface area contributed by atoms with E-state index in [9.17, 15) is 4.39 Å². The van der Waals surface area contributed by atoms with Gasteiger partial charge in [-0.1, -0.05) is 23.5 Å². The van der Waals surface area contributed by atoms with Gasteiger partial charge in [-0.05, 0) is 19.1 Å². The van der Waals surface area contributed by atoms with E-state index in [2.05, 4.69) is 15.3 Å². The van der Waals surface area contributed by atoms with Gasteiger partial charge in [0.05, 0.1) is 22.0 Å². The van der Waals surface area contributed by atoms with E-state index in [1.54, 1.807) is 18.2 Å². The molecule has 0 amide bonds. The molecule has 7 heteroatoms. The van der Waals surface area contributed by atoms with Crippen molar-refractivity contribution in [2.45, 2.75) is 6.92 Å². The van der Waals surface area contributed by atoms with Gasteiger partial charge in [0.2, 0.25) is 0 Å². The summed E-state index contributed by atoms with van der Waals surface area (Å²) in [5.74, 6) is -0.303. The van der Waals surface area contributed by atoms with Crippen molar-refractivity contribution < 1.29 is 4.39 Å². The molecular formula is C13H11FN4S2. The molecule has 0 saturated carbocycles. The molecular weight excluding hydrogens is 295 g/mol. The molecule has 0 unspecified atom stereocenters. The zero-order chi connectivity index (χ0) is 14.1. The molecule has 0 radical (unpaired) electrons. The first-order valence-electron chi connectivity index (χ1n) is 5.84. The van der Waals surface area contributed by atoms with Crippen LogP contribution in [0, 0.1) is 12.7 Å². The van der Waals surface area contributed by atoms with Gasteiger partial charge in [0, 0.05) is 5.38 Å². The van der Waals surface area contributed by atoms with Crippen LogP contribution in [0.15, 0.2) is 29.6 Å². The third-order valence-electron chi connectivity index (χ3n) is 2.67. The Bertz CT molecular complexity index is 750. The van der Waals surface area contributed by atoms with Crippen molar-refractivity contribution in [2.24, 2.45) is 0 Å². The van der Waals surface area contributed by atoms with Gasteiger partial charge in [0.15, 0.2) is 10.3 Å². The minimum absolute atomic E-state index is 0.303. The van der Waals surface area contributed by atoms with E-state index >= 15 is 0 Å². The zero-order valence-corrected chi connectivity index (χ0v) is 12.2. The number of hydrogen-bond acceptors (Lipinski definition) is 6. The Morgan fingerprint density at radius 1 is 1.25 bits per heavy atom. The number of nitrogens with two attached hydrogens (primary N) is 1. The number of nitrogens with one attached hydrogen (secondary N) is 1. The van der Waals surface area contributed by atoms with Crippen LogP contribution in [0.3, 0.4) is 0 Å². The van der Waals surface area contributed by atoms with Gasteiger partial charge >= 0.3 is 0 Å². The number of para-hydroxylation sites is 1. The minimum atomic E-state index is -0.303. The van der Waals surface area contributed by atoms with Crippen molar-refractivity contribution in [3.8, 4) is 10.6 Å². The number of anilines is 3. The quantitative estimate of drug-likeness (QED) is 0.766. The Morgan fingerprint density at radius 2 is 2.05 bits per heavy atom. The number of nitrogen functional groups attached to an aromatic ring is 1. The fourth-order valence-electron chi connectivity index (χ4n) is 1.77. The maximum atomic E-state index is 13.6. The van der Waals surface area contributed by atoms with E-state index in [0.29, 0.717) is 16.0 Å². The molecule has 3 N–H and O–H groups in total. The predicted octanol–water partition coefficient (Wildman–Crippen LogP) is 4.04. The molecule has 0 aliphatic rings. The molecule has 2 aromatic heterocycles. The van der Waals surface area contributed by atoms with Gasteiger partial charge in [-0.25, -0.2) is 14.4 Å². The van der Waals surface area contributed by atoms with Gasteiger partial charge < -0.3 is 11.1 Å². The summed E-state index contributed by atoms with van der Waals surface area (Å²) in [6.07, 6.45) is 0. The SMILES string of the molecule is Cc1nc(N)sc1-c1csc(Nc2ccccc2F)n1. The summed E-state index contributed by atoms with van der Waals surface area (Å²) in [6.45, 7) is 1.89. The highest BCUT2D eigenvalue weighted by molar-refractivity contribution is 7.19. The molecule has 3 rings (SSSR count). The average molecular weight is 306 g/mol. The largest absolute Gasteiger partial charge is 0.375 e. The van der Waals surface area contributed by atoms with E-state index in [0.717, 1.165) is 16.3 Å². The molecule has 102 valence electrons. The summed E-state index contributed by atoms with van der Waals surface area (Å²) in [5.41, 5.74) is 7.76. The molecule has 0 aliphatic carbocycles. The van der Waals surface area contributed by atoms with Gasteiger partial charge in [-0.2, -0.15) is 0 Å². The molecule has 3 aromatic rings. The van der Waals surface area contributed by atoms with Gasteiger partial charge in [-0.3, -0.25) is 0 Å². The van der Waals surface area contributed by atoms with Crippen LogP contribution in [-0.4, -0.2) is 9.97 Å². The van der Waals surface area contributed by atoms with Crippen molar-refractivity contribution in [1.82, 2.24) is 9.97 Å². The van der Waals surface area contributed by atoms with Crippen molar-refractivity contribution >= 4 is 38.6 Å². The molecule has 0 bridgehead atoms. The first kappa shape index (κ1) is 13.0. The molecule has 20 heavy (non-hydrogen) atoms. The number of aromatic nitrogens is 2. The Morgan fingerprint density at radius 3 is 2.75 bits per heavy atom. The lowest BCUT2D eigenvalue weighted by atomic mass is 10.3. The Labute approximate surface area is 123 Å². The van der Waals surface area contributed by atoms with E-state index in [1.807, 2.05) is 12.3 Å². The molecule has 1 aromatic carbocycles. The molecule has 4 nitrogen and oxygen atoms in total. The summed E-state index contributed by atoms with van der Waals surface area (Å²) in [4.78, 5) is 9.57. The van der Waals surface area contributed by atoms with Crippen molar-refractivity contribution in [3.05, 3.63) is 41.2 Å². The normalized spacial score (nSPS) is 10.7. The second-order valence-corrected chi connectivity index (χ2v) is 6.00. The second-order valence-electron chi connectivity index (χ2n) is 4.11. The smallest absolute Gasteiger partial charge is 0.187 e. The fraction of sp³-hybridized carbons (Fsp3) is 0.0769. The Balaban J connectivity index is 1.88. The lowest BCUT2D eigenvalue weighted by molar-refractivity contribution is 0.632. The van der Waals surface area contributed by atoms with Crippen LogP contribution in [0.1, 0.15) is 5.69 Å². The van der Waals surface area contributed by atoms with Gasteiger partial charge in [0.25, 0.3) is 0 Å². The van der Waals surface area contributed by atoms with Crippen LogP contribution >= 0.6 is 22.7 Å². The van der Waals surface area contributed by atoms with E-state index in [4.69, 9.17) is 5.73 Å². The average Bonchev–Trinajstić information content (AvgIpc) is 2.99. The lowest BCUT2D eigenvalue weighted by Crippen LogP contribution is -1.92. The third-order valence-corrected chi connectivity index (χ3v) is 4.43.